The van der Waals surface area contributed by atoms with Crippen LogP contribution in [-0.2, 0) is 6.18 Å². The van der Waals surface area contributed by atoms with Crippen LogP contribution < -0.4 is 16.3 Å². The van der Waals surface area contributed by atoms with Gasteiger partial charge in [0.05, 0.1) is 34.5 Å². The van der Waals surface area contributed by atoms with Crippen LogP contribution in [0.15, 0.2) is 59.9 Å². The molecule has 1 unspecified atom stereocenters. The van der Waals surface area contributed by atoms with Crippen LogP contribution in [0.2, 0.25) is 0 Å². The third kappa shape index (κ3) is 5.12. The molecule has 0 bridgehead atoms. The van der Waals surface area contributed by atoms with Gasteiger partial charge in [0.2, 0.25) is 0 Å². The largest absolute Gasteiger partial charge is 0.417 e. The molecular formula is C25H24F4N8O. The zero-order valence-electron chi connectivity index (χ0n) is 20.6. The number of imidazole rings is 1. The number of H-pyrrole nitrogens is 1. The Morgan fingerprint density at radius 1 is 1.05 bits per heavy atom. The first kappa shape index (κ1) is 26.5. The zero-order chi connectivity index (χ0) is 27.4. The van der Waals surface area contributed by atoms with E-state index in [-0.39, 0.29) is 17.0 Å². The van der Waals surface area contributed by atoms with Gasteiger partial charge in [-0.25, -0.2) is 29.0 Å². The highest BCUT2D eigenvalue weighted by Crippen LogP contribution is 2.33. The maximum Gasteiger partial charge on any atom is 0.417 e. The molecule has 5 rings (SSSR count). The van der Waals surface area contributed by atoms with E-state index < -0.39 is 34.5 Å². The average Bonchev–Trinajstić information content (AvgIpc) is 3.40. The summed E-state index contributed by atoms with van der Waals surface area (Å²) in [4.78, 5) is 33.3. The summed E-state index contributed by atoms with van der Waals surface area (Å²) in [6.07, 6.45) is -1.64. The molecule has 198 valence electrons. The SMILES string of the molecule is CC.CCC(Nc1ncnc2nc[nH]c12)c1nc2cccc(C(F)(F)F)c2c(=O)n1Nc1ccc(F)cc1. The number of nitrogens with one attached hydrogen (secondary N) is 3. The van der Waals surface area contributed by atoms with Crippen LogP contribution in [0.1, 0.15) is 44.6 Å². The molecule has 38 heavy (non-hydrogen) atoms. The molecule has 3 N–H and O–H groups in total. The van der Waals surface area contributed by atoms with Gasteiger partial charge in [-0.15, -0.1) is 0 Å². The van der Waals surface area contributed by atoms with Crippen LogP contribution >= 0.6 is 0 Å². The molecule has 3 heterocycles. The normalized spacial score (nSPS) is 12.2. The van der Waals surface area contributed by atoms with Crippen molar-refractivity contribution in [2.24, 2.45) is 0 Å². The zero-order valence-corrected chi connectivity index (χ0v) is 20.6. The summed E-state index contributed by atoms with van der Waals surface area (Å²) in [5.41, 5.74) is 1.81. The molecule has 2 aromatic carbocycles. The number of aromatic amines is 1. The fraction of sp³-hybridized carbons (Fsp3) is 0.240. The van der Waals surface area contributed by atoms with Gasteiger partial charge in [0.15, 0.2) is 17.3 Å². The lowest BCUT2D eigenvalue weighted by atomic mass is 10.1. The summed E-state index contributed by atoms with van der Waals surface area (Å²) in [6.45, 7) is 5.81. The van der Waals surface area contributed by atoms with Gasteiger partial charge in [0.1, 0.15) is 17.7 Å². The Morgan fingerprint density at radius 3 is 2.47 bits per heavy atom. The minimum atomic E-state index is -4.77. The van der Waals surface area contributed by atoms with E-state index >= 15 is 0 Å². The number of nitrogens with zero attached hydrogens (tertiary/aromatic N) is 5. The maximum atomic E-state index is 13.8. The fourth-order valence-electron chi connectivity index (χ4n) is 3.87. The minimum Gasteiger partial charge on any atom is -0.358 e. The standard InChI is InChI=1S/C23H18F4N8O.C2H6/c1-2-15(32-20-18-19(29-10-28-18)30-11-31-20)21-33-16-5-3-4-14(23(25,26)27)17(16)22(36)35(21)34-13-8-6-12(24)7-9-13;1-2/h3-11,15,34H,2H2,1H3,(H2,28,29,30,31,32);1-2H3. The molecule has 0 aliphatic heterocycles. The van der Waals surface area contributed by atoms with Crippen molar-refractivity contribution in [2.45, 2.75) is 39.4 Å². The van der Waals surface area contributed by atoms with E-state index in [2.05, 4.69) is 35.7 Å². The van der Waals surface area contributed by atoms with Gasteiger partial charge in [-0.3, -0.25) is 10.2 Å². The first-order chi connectivity index (χ1) is 18.3. The van der Waals surface area contributed by atoms with Crippen molar-refractivity contribution in [3.8, 4) is 0 Å². The Morgan fingerprint density at radius 2 is 1.79 bits per heavy atom. The van der Waals surface area contributed by atoms with Crippen molar-refractivity contribution in [1.82, 2.24) is 29.6 Å². The smallest absolute Gasteiger partial charge is 0.358 e. The second-order valence-corrected chi connectivity index (χ2v) is 7.86. The first-order valence-electron chi connectivity index (χ1n) is 11.8. The predicted molar refractivity (Wildman–Crippen MR) is 136 cm³/mol. The lowest BCUT2D eigenvalue weighted by molar-refractivity contribution is -0.136. The first-order valence-corrected chi connectivity index (χ1v) is 11.8. The average molecular weight is 529 g/mol. The second kappa shape index (κ2) is 10.8. The van der Waals surface area contributed by atoms with Crippen molar-refractivity contribution in [3.05, 3.63) is 82.7 Å². The molecule has 0 spiro atoms. The van der Waals surface area contributed by atoms with E-state index in [0.29, 0.717) is 23.4 Å². The molecule has 13 heteroatoms. The molecule has 3 aromatic heterocycles. The minimum absolute atomic E-state index is 0.102. The number of aromatic nitrogens is 6. The quantitative estimate of drug-likeness (QED) is 0.243. The van der Waals surface area contributed by atoms with Crippen molar-refractivity contribution in [2.75, 3.05) is 10.7 Å². The van der Waals surface area contributed by atoms with Gasteiger partial charge in [0.25, 0.3) is 5.56 Å². The third-order valence-corrected chi connectivity index (χ3v) is 5.57. The van der Waals surface area contributed by atoms with Crippen LogP contribution in [0.5, 0.6) is 0 Å². The molecule has 5 aromatic rings. The number of anilines is 2. The Kier molecular flexibility index (Phi) is 7.55. The van der Waals surface area contributed by atoms with Gasteiger partial charge in [-0.05, 0) is 42.8 Å². The van der Waals surface area contributed by atoms with Crippen LogP contribution in [0.4, 0.5) is 29.1 Å². The van der Waals surface area contributed by atoms with E-state index in [9.17, 15) is 22.4 Å². The van der Waals surface area contributed by atoms with Gasteiger partial charge in [0, 0.05) is 0 Å². The van der Waals surface area contributed by atoms with Crippen molar-refractivity contribution >= 4 is 33.6 Å². The monoisotopic (exact) mass is 528 g/mol. The second-order valence-electron chi connectivity index (χ2n) is 7.86. The molecule has 0 aliphatic carbocycles. The summed E-state index contributed by atoms with van der Waals surface area (Å²) >= 11 is 0. The summed E-state index contributed by atoms with van der Waals surface area (Å²) in [5, 5.41) is 2.59. The number of hydrogen-bond acceptors (Lipinski definition) is 7. The van der Waals surface area contributed by atoms with E-state index in [4.69, 9.17) is 0 Å². The van der Waals surface area contributed by atoms with Crippen molar-refractivity contribution in [3.63, 3.8) is 0 Å². The Balaban J connectivity index is 0.00000164. The van der Waals surface area contributed by atoms with E-state index in [1.165, 1.54) is 36.9 Å². The van der Waals surface area contributed by atoms with Gasteiger partial charge >= 0.3 is 6.18 Å². The molecule has 0 radical (unpaired) electrons. The number of halogens is 4. The van der Waals surface area contributed by atoms with E-state index in [1.807, 2.05) is 20.8 Å². The fourth-order valence-corrected chi connectivity index (χ4v) is 3.87. The molecule has 9 nitrogen and oxygen atoms in total. The van der Waals surface area contributed by atoms with Crippen LogP contribution in [0.25, 0.3) is 22.1 Å². The molecule has 0 fully saturated rings. The number of fused-ring (bicyclic) bond motifs is 2. The van der Waals surface area contributed by atoms with Crippen LogP contribution in [0, 0.1) is 5.82 Å². The highest BCUT2D eigenvalue weighted by atomic mass is 19.4. The summed E-state index contributed by atoms with van der Waals surface area (Å²) < 4.78 is 55.7. The molecule has 0 amide bonds. The lowest BCUT2D eigenvalue weighted by Crippen LogP contribution is -2.34. The predicted octanol–water partition coefficient (Wildman–Crippen LogP) is 5.69. The number of rotatable bonds is 6. The summed E-state index contributed by atoms with van der Waals surface area (Å²) in [7, 11) is 0. The number of benzene rings is 2. The molecule has 0 saturated heterocycles. The summed E-state index contributed by atoms with van der Waals surface area (Å²) in [6, 6.07) is 7.75. The topological polar surface area (TPSA) is 113 Å². The van der Waals surface area contributed by atoms with E-state index in [0.717, 1.165) is 22.9 Å². The Hall–Kier alpha value is -4.55. The van der Waals surface area contributed by atoms with Crippen molar-refractivity contribution in [1.29, 1.82) is 0 Å². The van der Waals surface area contributed by atoms with Gasteiger partial charge in [-0.2, -0.15) is 13.2 Å². The van der Waals surface area contributed by atoms with Crippen LogP contribution in [-0.4, -0.2) is 29.6 Å². The molecule has 0 saturated carbocycles. The van der Waals surface area contributed by atoms with Crippen LogP contribution in [0.3, 0.4) is 0 Å². The Bertz CT molecular complexity index is 1610. The van der Waals surface area contributed by atoms with E-state index in [1.54, 1.807) is 0 Å². The maximum absolute atomic E-state index is 13.8. The Labute approximate surface area is 214 Å². The van der Waals surface area contributed by atoms with Gasteiger partial charge < -0.3 is 10.3 Å². The molecular weight excluding hydrogens is 504 g/mol. The lowest BCUT2D eigenvalue weighted by Gasteiger charge is -2.23. The number of hydrogen-bond donors (Lipinski definition) is 3. The van der Waals surface area contributed by atoms with Gasteiger partial charge in [-0.1, -0.05) is 26.8 Å². The highest BCUT2D eigenvalue weighted by molar-refractivity contribution is 5.83. The molecule has 1 atom stereocenters. The highest BCUT2D eigenvalue weighted by Gasteiger charge is 2.35. The molecule has 0 aliphatic rings. The third-order valence-electron chi connectivity index (χ3n) is 5.57. The summed E-state index contributed by atoms with van der Waals surface area (Å²) in [5.74, 6) is -0.0365. The van der Waals surface area contributed by atoms with Crippen molar-refractivity contribution < 1.29 is 17.6 Å². The number of alkyl halides is 3.